The van der Waals surface area contributed by atoms with Crippen LogP contribution in [0.4, 0.5) is 5.82 Å². The number of amides is 1. The fourth-order valence-corrected chi connectivity index (χ4v) is 4.67. The molecule has 2 atom stereocenters. The molecule has 0 fully saturated rings. The topological polar surface area (TPSA) is 76.1 Å². The Bertz CT molecular complexity index is 957. The summed E-state index contributed by atoms with van der Waals surface area (Å²) in [4.78, 5) is 25.0. The van der Waals surface area contributed by atoms with Crippen molar-refractivity contribution in [1.29, 1.82) is 0 Å². The van der Waals surface area contributed by atoms with Crippen molar-refractivity contribution >= 4 is 29.6 Å². The van der Waals surface area contributed by atoms with E-state index in [1.54, 1.807) is 4.68 Å². The lowest BCUT2D eigenvalue weighted by Crippen LogP contribution is -2.24. The smallest absolute Gasteiger partial charge is 0.270 e. The quantitative estimate of drug-likeness (QED) is 0.849. The van der Waals surface area contributed by atoms with Crippen LogP contribution in [0.25, 0.3) is 6.08 Å². The van der Waals surface area contributed by atoms with Crippen molar-refractivity contribution in [2.45, 2.75) is 38.2 Å². The molecule has 1 aromatic carbocycles. The first-order valence-electron chi connectivity index (χ1n) is 8.68. The van der Waals surface area contributed by atoms with Crippen molar-refractivity contribution in [3.8, 4) is 5.75 Å². The van der Waals surface area contributed by atoms with Crippen LogP contribution in [0.3, 0.4) is 0 Å². The summed E-state index contributed by atoms with van der Waals surface area (Å²) in [5.74, 6) is 1.60. The number of aromatic amines is 1. The summed E-state index contributed by atoms with van der Waals surface area (Å²) in [5, 5.41) is 5.53. The zero-order valence-corrected chi connectivity index (χ0v) is 15.7. The molecular formula is C19H21N3O3S. The summed E-state index contributed by atoms with van der Waals surface area (Å²) in [6, 6.07) is 7.88. The van der Waals surface area contributed by atoms with Crippen LogP contribution in [0.15, 0.2) is 34.6 Å². The van der Waals surface area contributed by atoms with Gasteiger partial charge in [0, 0.05) is 11.6 Å². The third kappa shape index (κ3) is 2.76. The van der Waals surface area contributed by atoms with Gasteiger partial charge in [-0.05, 0) is 38.5 Å². The van der Waals surface area contributed by atoms with Gasteiger partial charge in [-0.3, -0.25) is 19.4 Å². The van der Waals surface area contributed by atoms with Gasteiger partial charge in [-0.1, -0.05) is 18.2 Å². The molecule has 6 nitrogen and oxygen atoms in total. The number of carbonyl (C=O) groups excluding carboxylic acids is 1. The Labute approximate surface area is 155 Å². The first-order chi connectivity index (χ1) is 12.5. The summed E-state index contributed by atoms with van der Waals surface area (Å²) >= 11 is 1.47. The number of carbonyl (C=O) groups is 1. The van der Waals surface area contributed by atoms with Crippen LogP contribution >= 0.6 is 11.8 Å². The number of nitrogens with one attached hydrogen (secondary N) is 2. The monoisotopic (exact) mass is 371 g/mol. The van der Waals surface area contributed by atoms with Gasteiger partial charge in [-0.25, -0.2) is 0 Å². The van der Waals surface area contributed by atoms with Crippen LogP contribution in [0.2, 0.25) is 0 Å². The van der Waals surface area contributed by atoms with Crippen LogP contribution in [0.1, 0.15) is 43.2 Å². The summed E-state index contributed by atoms with van der Waals surface area (Å²) in [7, 11) is 0. The minimum absolute atomic E-state index is 0.0326. The summed E-state index contributed by atoms with van der Waals surface area (Å²) in [5.41, 5.74) is 2.42. The molecule has 1 amide bonds. The highest BCUT2D eigenvalue weighted by molar-refractivity contribution is 8.00. The van der Waals surface area contributed by atoms with Crippen molar-refractivity contribution in [3.63, 3.8) is 0 Å². The Hall–Kier alpha value is -2.41. The fourth-order valence-electron chi connectivity index (χ4n) is 3.45. The number of nitrogens with zero attached hydrogens (tertiary/aromatic N) is 1. The van der Waals surface area contributed by atoms with Crippen LogP contribution in [-0.2, 0) is 4.79 Å². The molecule has 0 saturated carbocycles. The number of rotatable bonds is 2. The summed E-state index contributed by atoms with van der Waals surface area (Å²) < 4.78 is 7.80. The predicted octanol–water partition coefficient (Wildman–Crippen LogP) is 3.35. The normalized spacial score (nSPS) is 22.0. The molecule has 0 aliphatic carbocycles. The predicted molar refractivity (Wildman–Crippen MR) is 104 cm³/mol. The average molecular weight is 371 g/mol. The van der Waals surface area contributed by atoms with E-state index in [0.717, 1.165) is 16.9 Å². The molecule has 1 aromatic heterocycles. The maximum atomic E-state index is 12.7. The van der Waals surface area contributed by atoms with Gasteiger partial charge in [-0.2, -0.15) is 0 Å². The molecule has 0 saturated heterocycles. The van der Waals surface area contributed by atoms with Crippen LogP contribution in [-0.4, -0.2) is 27.5 Å². The zero-order chi connectivity index (χ0) is 18.4. The second-order valence-corrected chi connectivity index (χ2v) is 7.94. The van der Waals surface area contributed by atoms with Crippen molar-refractivity contribution < 1.29 is 9.53 Å². The number of anilines is 1. The van der Waals surface area contributed by atoms with Crippen LogP contribution in [0.5, 0.6) is 5.75 Å². The Morgan fingerprint density at radius 2 is 2.04 bits per heavy atom. The van der Waals surface area contributed by atoms with Crippen LogP contribution in [0, 0.1) is 0 Å². The number of thioether (sulfide) groups is 1. The van der Waals surface area contributed by atoms with E-state index >= 15 is 0 Å². The molecule has 26 heavy (non-hydrogen) atoms. The summed E-state index contributed by atoms with van der Waals surface area (Å²) in [6.45, 7) is 5.92. The number of fused-ring (bicyclic) bond motifs is 2. The molecule has 3 heterocycles. The van der Waals surface area contributed by atoms with Gasteiger partial charge < -0.3 is 10.1 Å². The highest BCUT2D eigenvalue weighted by Gasteiger charge is 2.35. The number of ether oxygens (including phenoxy) is 1. The lowest BCUT2D eigenvalue weighted by molar-refractivity contribution is -0.113. The molecule has 0 radical (unpaired) electrons. The Balaban J connectivity index is 1.87. The van der Waals surface area contributed by atoms with Crippen LogP contribution < -0.4 is 15.6 Å². The number of para-hydroxylation sites is 1. The van der Waals surface area contributed by atoms with Gasteiger partial charge in [0.1, 0.15) is 17.7 Å². The number of aromatic nitrogens is 2. The molecule has 2 aromatic rings. The number of hydrogen-bond acceptors (Lipinski definition) is 4. The van der Waals surface area contributed by atoms with Gasteiger partial charge in [0.15, 0.2) is 0 Å². The van der Waals surface area contributed by atoms with Crippen molar-refractivity contribution in [3.05, 3.63) is 51.3 Å². The molecule has 136 valence electrons. The highest BCUT2D eigenvalue weighted by atomic mass is 32.2. The van der Waals surface area contributed by atoms with Gasteiger partial charge in [0.05, 0.1) is 16.6 Å². The molecule has 2 aliphatic heterocycles. The second kappa shape index (κ2) is 6.39. The van der Waals surface area contributed by atoms with Crippen molar-refractivity contribution in [2.75, 3.05) is 11.1 Å². The van der Waals surface area contributed by atoms with Gasteiger partial charge in [0.2, 0.25) is 5.91 Å². The van der Waals surface area contributed by atoms with E-state index < -0.39 is 0 Å². The Morgan fingerprint density at radius 1 is 1.27 bits per heavy atom. The molecule has 2 N–H and O–H groups in total. The second-order valence-electron chi connectivity index (χ2n) is 6.85. The minimum Gasteiger partial charge on any atom is -0.486 e. The maximum absolute atomic E-state index is 12.7. The molecule has 7 heteroatoms. The molecule has 0 spiro atoms. The molecule has 2 aliphatic rings. The van der Waals surface area contributed by atoms with E-state index in [2.05, 4.69) is 16.5 Å². The van der Waals surface area contributed by atoms with E-state index in [0.29, 0.717) is 17.1 Å². The number of H-pyrrole nitrogens is 1. The Morgan fingerprint density at radius 3 is 2.81 bits per heavy atom. The maximum Gasteiger partial charge on any atom is 0.270 e. The van der Waals surface area contributed by atoms with E-state index in [-0.39, 0.29) is 28.9 Å². The fraction of sp³-hybridized carbons (Fsp3) is 0.368. The minimum atomic E-state index is -0.240. The first kappa shape index (κ1) is 17.0. The van der Waals surface area contributed by atoms with Gasteiger partial charge >= 0.3 is 0 Å². The van der Waals surface area contributed by atoms with Crippen molar-refractivity contribution in [1.82, 2.24) is 9.78 Å². The average Bonchev–Trinajstić information content (AvgIpc) is 2.81. The van der Waals surface area contributed by atoms with E-state index in [4.69, 9.17) is 4.74 Å². The first-order valence-corrected chi connectivity index (χ1v) is 9.73. The standard InChI is InChI=1S/C19H21N3O3S/c1-10(2)22-18-16(19(24)21-22)17(26-9-15(23)20-18)13-8-12-6-4-5-7-14(12)25-11(13)3/h4-8,10-11,17H,9H2,1-3H3,(H,20,23)(H,21,24)/t11-,17+/m1/s1. The highest BCUT2D eigenvalue weighted by Crippen LogP contribution is 2.45. The van der Waals surface area contributed by atoms with E-state index in [9.17, 15) is 9.59 Å². The number of benzene rings is 1. The SMILES string of the molecule is CC(C)n1[nH]c(=O)c2c1NC(=O)CS[C@H]2C1=Cc2ccccc2O[C@@H]1C. The van der Waals surface area contributed by atoms with E-state index in [1.807, 2.05) is 45.0 Å². The third-order valence-corrected chi connectivity index (χ3v) is 5.97. The molecular weight excluding hydrogens is 350 g/mol. The lowest BCUT2D eigenvalue weighted by Gasteiger charge is -2.28. The van der Waals surface area contributed by atoms with E-state index in [1.165, 1.54) is 11.8 Å². The Kier molecular flexibility index (Phi) is 4.19. The van der Waals surface area contributed by atoms with Crippen molar-refractivity contribution in [2.24, 2.45) is 0 Å². The lowest BCUT2D eigenvalue weighted by atomic mass is 9.96. The summed E-state index contributed by atoms with van der Waals surface area (Å²) in [6.07, 6.45) is 1.91. The zero-order valence-electron chi connectivity index (χ0n) is 14.9. The molecule has 0 bridgehead atoms. The third-order valence-electron chi connectivity index (χ3n) is 4.70. The molecule has 4 rings (SSSR count). The number of hydrogen-bond donors (Lipinski definition) is 2. The molecule has 0 unspecified atom stereocenters. The largest absolute Gasteiger partial charge is 0.486 e. The van der Waals surface area contributed by atoms with Gasteiger partial charge in [0.25, 0.3) is 5.56 Å². The van der Waals surface area contributed by atoms with Gasteiger partial charge in [-0.15, -0.1) is 11.8 Å².